The highest BCUT2D eigenvalue weighted by Crippen LogP contribution is 2.50. The van der Waals surface area contributed by atoms with Crippen molar-refractivity contribution < 1.29 is 4.58 Å². The number of hydrogen-bond acceptors (Lipinski definition) is 1. The molecule has 1 aliphatic carbocycles. The first-order valence-corrected chi connectivity index (χ1v) is 16.5. The smallest absolute Gasteiger partial charge is 0.210 e. The molecule has 226 valence electrons. The van der Waals surface area contributed by atoms with Crippen LogP contribution in [0.4, 0.5) is 11.4 Å². The molecule has 45 heavy (non-hydrogen) atoms. The molecule has 0 saturated heterocycles. The molecule has 0 radical (unpaired) electrons. The van der Waals surface area contributed by atoms with Gasteiger partial charge in [0.05, 0.1) is 5.41 Å². The van der Waals surface area contributed by atoms with Crippen LogP contribution in [-0.4, -0.2) is 24.4 Å². The largest absolute Gasteiger partial charge is 0.347 e. The molecule has 0 aromatic heterocycles. The van der Waals surface area contributed by atoms with Crippen molar-refractivity contribution in [2.75, 3.05) is 19.0 Å². The van der Waals surface area contributed by atoms with Gasteiger partial charge in [-0.1, -0.05) is 92.7 Å². The maximum atomic E-state index is 2.40. The average Bonchev–Trinajstić information content (AvgIpc) is 3.36. The molecule has 0 N–H and O–H groups in total. The SMILES string of the molecule is CC1=C(/C=C/C2=[N+](C)c3ccc4ccccc4c3C2(C)C)CCC\C1=C/C=C/C=C1\N(C)c2ccc3ccccc3c2C1(C)C. The van der Waals surface area contributed by atoms with E-state index in [1.807, 2.05) is 0 Å². The average molecular weight is 590 g/mol. The lowest BCUT2D eigenvalue weighted by atomic mass is 9.78. The van der Waals surface area contributed by atoms with E-state index in [0.717, 1.165) is 12.8 Å². The van der Waals surface area contributed by atoms with Crippen molar-refractivity contribution in [1.82, 2.24) is 0 Å². The summed E-state index contributed by atoms with van der Waals surface area (Å²) in [5.41, 5.74) is 12.4. The van der Waals surface area contributed by atoms with Crippen molar-refractivity contribution >= 4 is 38.6 Å². The minimum absolute atomic E-state index is 0.0629. The molecule has 0 spiro atoms. The Morgan fingerprint density at radius 1 is 0.711 bits per heavy atom. The maximum Gasteiger partial charge on any atom is 0.210 e. The van der Waals surface area contributed by atoms with Gasteiger partial charge < -0.3 is 4.90 Å². The minimum atomic E-state index is -0.0636. The van der Waals surface area contributed by atoms with E-state index in [-0.39, 0.29) is 10.8 Å². The summed E-state index contributed by atoms with van der Waals surface area (Å²) in [4.78, 5) is 2.37. The summed E-state index contributed by atoms with van der Waals surface area (Å²) in [7, 11) is 4.42. The van der Waals surface area contributed by atoms with Crippen LogP contribution in [0.3, 0.4) is 0 Å². The number of likely N-dealkylation sites (N-methyl/N-ethyl adjacent to an activating group) is 1. The second-order valence-corrected chi connectivity index (χ2v) is 14.1. The summed E-state index contributed by atoms with van der Waals surface area (Å²) in [5.74, 6) is 0. The zero-order chi connectivity index (χ0) is 31.5. The molecule has 0 fully saturated rings. The number of rotatable bonds is 4. The van der Waals surface area contributed by atoms with Crippen molar-refractivity contribution in [2.45, 2.75) is 64.7 Å². The van der Waals surface area contributed by atoms with Crippen molar-refractivity contribution in [3.8, 4) is 0 Å². The van der Waals surface area contributed by atoms with Crippen molar-refractivity contribution in [1.29, 1.82) is 0 Å². The summed E-state index contributed by atoms with van der Waals surface area (Å²) in [6, 6.07) is 26.6. The van der Waals surface area contributed by atoms with Gasteiger partial charge in [-0.2, -0.15) is 4.58 Å². The summed E-state index contributed by atoms with van der Waals surface area (Å²) in [6.45, 7) is 11.8. The molecule has 3 aliphatic rings. The first kappa shape index (κ1) is 29.3. The van der Waals surface area contributed by atoms with E-state index in [1.165, 1.54) is 78.6 Å². The lowest BCUT2D eigenvalue weighted by Crippen LogP contribution is -2.27. The van der Waals surface area contributed by atoms with Gasteiger partial charge >= 0.3 is 0 Å². The number of hydrogen-bond donors (Lipinski definition) is 0. The van der Waals surface area contributed by atoms with Crippen molar-refractivity contribution in [2.24, 2.45) is 0 Å². The summed E-state index contributed by atoms with van der Waals surface area (Å²) < 4.78 is 2.40. The highest BCUT2D eigenvalue weighted by atomic mass is 15.2. The van der Waals surface area contributed by atoms with Gasteiger partial charge in [0, 0.05) is 41.6 Å². The molecule has 0 amide bonds. The van der Waals surface area contributed by atoms with Gasteiger partial charge in [0.15, 0.2) is 5.71 Å². The monoisotopic (exact) mass is 589 g/mol. The topological polar surface area (TPSA) is 6.25 Å². The lowest BCUT2D eigenvalue weighted by Gasteiger charge is -2.24. The van der Waals surface area contributed by atoms with Gasteiger partial charge in [-0.15, -0.1) is 0 Å². The second kappa shape index (κ2) is 10.9. The summed E-state index contributed by atoms with van der Waals surface area (Å²) >= 11 is 0. The normalized spacial score (nSPS) is 21.0. The quantitative estimate of drug-likeness (QED) is 0.215. The highest BCUT2D eigenvalue weighted by molar-refractivity contribution is 6.07. The number of fused-ring (bicyclic) bond motifs is 6. The van der Waals surface area contributed by atoms with E-state index < -0.39 is 0 Å². The van der Waals surface area contributed by atoms with Crippen LogP contribution in [0.2, 0.25) is 0 Å². The number of nitrogens with zero attached hydrogens (tertiary/aromatic N) is 2. The van der Waals surface area contributed by atoms with Crippen LogP contribution in [0.1, 0.15) is 65.0 Å². The van der Waals surface area contributed by atoms with Crippen LogP contribution in [-0.2, 0) is 10.8 Å². The predicted molar refractivity (Wildman–Crippen MR) is 194 cm³/mol. The molecule has 4 aromatic rings. The fourth-order valence-corrected chi connectivity index (χ4v) is 8.35. The maximum absolute atomic E-state index is 2.40. The zero-order valence-electron chi connectivity index (χ0n) is 27.9. The molecular formula is C43H45N2+. The number of anilines is 1. The van der Waals surface area contributed by atoms with Crippen LogP contribution in [0, 0.1) is 0 Å². The molecule has 0 atom stereocenters. The Kier molecular flexibility index (Phi) is 7.08. The zero-order valence-corrected chi connectivity index (χ0v) is 27.9. The van der Waals surface area contributed by atoms with Gasteiger partial charge in [0.1, 0.15) is 7.05 Å². The molecule has 2 heteroatoms. The van der Waals surface area contributed by atoms with E-state index in [0.29, 0.717) is 0 Å². The predicted octanol–water partition coefficient (Wildman–Crippen LogP) is 10.8. The fourth-order valence-electron chi connectivity index (χ4n) is 8.35. The lowest BCUT2D eigenvalue weighted by molar-refractivity contribution is -0.401. The van der Waals surface area contributed by atoms with Gasteiger partial charge in [0.2, 0.25) is 5.69 Å². The van der Waals surface area contributed by atoms with E-state index in [4.69, 9.17) is 0 Å². The van der Waals surface area contributed by atoms with Gasteiger partial charge in [-0.25, -0.2) is 0 Å². The van der Waals surface area contributed by atoms with E-state index in [9.17, 15) is 0 Å². The van der Waals surface area contributed by atoms with Crippen molar-refractivity contribution in [3.63, 3.8) is 0 Å². The van der Waals surface area contributed by atoms with E-state index >= 15 is 0 Å². The summed E-state index contributed by atoms with van der Waals surface area (Å²) in [6.07, 6.45) is 17.4. The van der Waals surface area contributed by atoms with Gasteiger partial charge in [-0.05, 0) is 102 Å². The Labute approximate surface area is 269 Å². The molecule has 0 saturated carbocycles. The van der Waals surface area contributed by atoms with Crippen LogP contribution in [0.5, 0.6) is 0 Å². The Hall–Kier alpha value is -4.43. The third-order valence-corrected chi connectivity index (χ3v) is 10.8. The first-order valence-electron chi connectivity index (χ1n) is 16.5. The van der Waals surface area contributed by atoms with Gasteiger partial charge in [-0.3, -0.25) is 0 Å². The van der Waals surface area contributed by atoms with Crippen LogP contribution < -0.4 is 4.90 Å². The highest BCUT2D eigenvalue weighted by Gasteiger charge is 2.44. The van der Waals surface area contributed by atoms with Gasteiger partial charge in [0.25, 0.3) is 0 Å². The molecule has 2 heterocycles. The number of allylic oxidation sites excluding steroid dienone is 10. The Morgan fingerprint density at radius 2 is 1.36 bits per heavy atom. The molecule has 2 aliphatic heterocycles. The molecule has 7 rings (SSSR count). The molecule has 4 aromatic carbocycles. The molecule has 2 nitrogen and oxygen atoms in total. The van der Waals surface area contributed by atoms with E-state index in [2.05, 4.69) is 167 Å². The second-order valence-electron chi connectivity index (χ2n) is 14.1. The summed E-state index contributed by atoms with van der Waals surface area (Å²) in [5, 5.41) is 5.34. The third-order valence-electron chi connectivity index (χ3n) is 10.8. The van der Waals surface area contributed by atoms with Crippen LogP contribution in [0.15, 0.2) is 132 Å². The first-order chi connectivity index (χ1) is 21.6. The molecule has 0 bridgehead atoms. The molecule has 0 unspecified atom stereocenters. The Bertz CT molecular complexity index is 2050. The van der Waals surface area contributed by atoms with Crippen molar-refractivity contribution in [3.05, 3.63) is 143 Å². The Balaban J connectivity index is 1.15. The minimum Gasteiger partial charge on any atom is -0.347 e. The third kappa shape index (κ3) is 4.65. The molecular weight excluding hydrogens is 544 g/mol. The number of benzene rings is 4. The Morgan fingerprint density at radius 3 is 2.09 bits per heavy atom. The van der Waals surface area contributed by atoms with Crippen LogP contribution >= 0.6 is 0 Å². The fraction of sp³-hybridized carbons (Fsp3) is 0.279. The standard InChI is InChI=1S/C43H45N2/c1-29-30(15-10-13-22-38-42(2,3)40-34-20-11-8-16-32(34)23-26-36(40)44(38)6)18-14-19-31(29)25-28-39-43(4,5)41-35-21-12-9-17-33(35)24-27-37(41)45(39)7/h8-13,15-17,20-28H,14,18-19H2,1-7H3/q+1. The van der Waals surface area contributed by atoms with Crippen LogP contribution in [0.25, 0.3) is 21.5 Å². The van der Waals surface area contributed by atoms with E-state index in [1.54, 1.807) is 0 Å².